The smallest absolute Gasteiger partial charge is 0.233 e. The van der Waals surface area contributed by atoms with E-state index in [0.717, 1.165) is 17.0 Å². The number of thioether (sulfide) groups is 1. The maximum Gasteiger partial charge on any atom is 0.233 e. The number of aryl methyl sites for hydroxylation is 1. The van der Waals surface area contributed by atoms with Gasteiger partial charge in [-0.1, -0.05) is 42.1 Å². The van der Waals surface area contributed by atoms with Crippen LogP contribution in [0, 0.1) is 6.92 Å². The lowest BCUT2D eigenvalue weighted by Gasteiger charge is -2.27. The zero-order valence-electron chi connectivity index (χ0n) is 17.1. The van der Waals surface area contributed by atoms with Crippen molar-refractivity contribution in [1.82, 2.24) is 14.9 Å². The van der Waals surface area contributed by atoms with E-state index < -0.39 is 9.84 Å². The molecule has 0 spiro atoms. The first-order valence-electron chi connectivity index (χ1n) is 9.96. The maximum atomic E-state index is 13.1. The lowest BCUT2D eigenvalue weighted by atomic mass is 10.1. The highest BCUT2D eigenvalue weighted by Crippen LogP contribution is 2.24. The van der Waals surface area contributed by atoms with Crippen molar-refractivity contribution in [2.75, 3.05) is 17.3 Å². The number of aromatic nitrogens is 2. The van der Waals surface area contributed by atoms with Crippen LogP contribution in [-0.4, -0.2) is 52.5 Å². The molecule has 9 heteroatoms. The molecular formula is C22H23N3O4S2. The van der Waals surface area contributed by atoms with Crippen molar-refractivity contribution in [3.63, 3.8) is 0 Å². The predicted octanol–water partition coefficient (Wildman–Crippen LogP) is 3.35. The SMILES string of the molecule is Cc1cc(-c2ccccc2)nc(SCC(=O)N(Cc2ccco2)[C@H]2CCS(=O)(=O)C2)n1. The van der Waals surface area contributed by atoms with E-state index in [1.54, 1.807) is 23.3 Å². The van der Waals surface area contributed by atoms with Gasteiger partial charge in [0.15, 0.2) is 15.0 Å². The average Bonchev–Trinajstić information content (AvgIpc) is 3.39. The van der Waals surface area contributed by atoms with Crippen LogP contribution in [0.25, 0.3) is 11.3 Å². The van der Waals surface area contributed by atoms with Gasteiger partial charge in [0.05, 0.1) is 35.8 Å². The van der Waals surface area contributed by atoms with Gasteiger partial charge >= 0.3 is 0 Å². The standard InChI is InChI=1S/C22H23N3O4S2/c1-16-12-20(17-6-3-2-4-7-17)24-22(23-16)30-14-21(26)25(13-19-8-5-10-29-19)18-9-11-31(27,28)15-18/h2-8,10,12,18H,9,11,13-15H2,1H3/t18-/m0/s1. The zero-order chi connectivity index (χ0) is 21.8. The zero-order valence-corrected chi connectivity index (χ0v) is 18.7. The minimum Gasteiger partial charge on any atom is -0.467 e. The van der Waals surface area contributed by atoms with Crippen LogP contribution in [-0.2, 0) is 21.2 Å². The van der Waals surface area contributed by atoms with Crippen LogP contribution in [0.1, 0.15) is 17.9 Å². The number of benzene rings is 1. The van der Waals surface area contributed by atoms with Gasteiger partial charge in [-0.15, -0.1) is 0 Å². The van der Waals surface area contributed by atoms with E-state index in [-0.39, 0.29) is 35.8 Å². The predicted molar refractivity (Wildman–Crippen MR) is 119 cm³/mol. The summed E-state index contributed by atoms with van der Waals surface area (Å²) in [5.74, 6) is 0.683. The quantitative estimate of drug-likeness (QED) is 0.397. The normalized spacial score (nSPS) is 17.5. The summed E-state index contributed by atoms with van der Waals surface area (Å²) in [4.78, 5) is 23.8. The molecule has 3 aromatic rings. The van der Waals surface area contributed by atoms with Crippen LogP contribution in [0.15, 0.2) is 64.4 Å². The van der Waals surface area contributed by atoms with Gasteiger partial charge in [-0.2, -0.15) is 0 Å². The Labute approximate surface area is 185 Å². The fraction of sp³-hybridized carbons (Fsp3) is 0.318. The molecule has 162 valence electrons. The van der Waals surface area contributed by atoms with Gasteiger partial charge in [0.1, 0.15) is 5.76 Å². The van der Waals surface area contributed by atoms with Crippen LogP contribution >= 0.6 is 11.8 Å². The Kier molecular flexibility index (Phi) is 6.43. The summed E-state index contributed by atoms with van der Waals surface area (Å²) < 4.78 is 29.3. The van der Waals surface area contributed by atoms with Gasteiger partial charge in [0, 0.05) is 17.3 Å². The summed E-state index contributed by atoms with van der Waals surface area (Å²) in [6.07, 6.45) is 1.99. The van der Waals surface area contributed by atoms with Gasteiger partial charge < -0.3 is 9.32 Å². The first-order valence-corrected chi connectivity index (χ1v) is 12.8. The van der Waals surface area contributed by atoms with Crippen LogP contribution in [0.3, 0.4) is 0 Å². The molecule has 1 saturated heterocycles. The summed E-state index contributed by atoms with van der Waals surface area (Å²) in [6, 6.07) is 14.9. The minimum atomic E-state index is -3.12. The summed E-state index contributed by atoms with van der Waals surface area (Å²) >= 11 is 1.26. The molecule has 0 bridgehead atoms. The number of nitrogens with zero attached hydrogens (tertiary/aromatic N) is 3. The third-order valence-electron chi connectivity index (χ3n) is 5.10. The molecule has 0 radical (unpaired) electrons. The van der Waals surface area contributed by atoms with Gasteiger partial charge in [-0.05, 0) is 31.5 Å². The second-order valence-electron chi connectivity index (χ2n) is 7.49. The molecule has 1 fully saturated rings. The first-order chi connectivity index (χ1) is 14.9. The van der Waals surface area contributed by atoms with E-state index in [1.165, 1.54) is 11.8 Å². The fourth-order valence-electron chi connectivity index (χ4n) is 3.58. The lowest BCUT2D eigenvalue weighted by Crippen LogP contribution is -2.41. The Morgan fingerprint density at radius 1 is 1.19 bits per heavy atom. The number of rotatable bonds is 7. The van der Waals surface area contributed by atoms with Crippen molar-refractivity contribution in [1.29, 1.82) is 0 Å². The molecule has 1 aromatic carbocycles. The number of carbonyl (C=O) groups excluding carboxylic acids is 1. The van der Waals surface area contributed by atoms with Crippen molar-refractivity contribution in [2.45, 2.75) is 31.1 Å². The molecule has 31 heavy (non-hydrogen) atoms. The van der Waals surface area contributed by atoms with Gasteiger partial charge in [0.25, 0.3) is 0 Å². The maximum absolute atomic E-state index is 13.1. The molecule has 0 N–H and O–H groups in total. The molecule has 1 aliphatic rings. The summed E-state index contributed by atoms with van der Waals surface area (Å²) in [5.41, 5.74) is 2.60. The number of hydrogen-bond acceptors (Lipinski definition) is 7. The molecular weight excluding hydrogens is 434 g/mol. The van der Waals surface area contributed by atoms with E-state index in [4.69, 9.17) is 4.42 Å². The number of furan rings is 1. The molecule has 1 amide bonds. The van der Waals surface area contributed by atoms with Crippen LogP contribution in [0.2, 0.25) is 0 Å². The van der Waals surface area contributed by atoms with Gasteiger partial charge in [-0.3, -0.25) is 4.79 Å². The first kappa shape index (κ1) is 21.6. The molecule has 4 rings (SSSR count). The third kappa shape index (κ3) is 5.54. The largest absolute Gasteiger partial charge is 0.467 e. The van der Waals surface area contributed by atoms with Crippen LogP contribution in [0.4, 0.5) is 0 Å². The molecule has 0 unspecified atom stereocenters. The highest BCUT2D eigenvalue weighted by molar-refractivity contribution is 7.99. The summed E-state index contributed by atoms with van der Waals surface area (Å²) in [6.45, 7) is 2.14. The number of sulfone groups is 1. The number of amides is 1. The van der Waals surface area contributed by atoms with Gasteiger partial charge in [0.2, 0.25) is 5.91 Å². The van der Waals surface area contributed by atoms with E-state index in [1.807, 2.05) is 43.3 Å². The molecule has 0 aliphatic carbocycles. The Morgan fingerprint density at radius 3 is 2.68 bits per heavy atom. The topological polar surface area (TPSA) is 93.4 Å². The van der Waals surface area contributed by atoms with Crippen molar-refractivity contribution < 1.29 is 17.6 Å². The van der Waals surface area contributed by atoms with E-state index in [9.17, 15) is 13.2 Å². The van der Waals surface area contributed by atoms with Crippen molar-refractivity contribution in [3.05, 3.63) is 66.2 Å². The van der Waals surface area contributed by atoms with E-state index in [2.05, 4.69) is 9.97 Å². The highest BCUT2D eigenvalue weighted by Gasteiger charge is 2.35. The molecule has 2 aromatic heterocycles. The Bertz CT molecular complexity index is 1150. The Morgan fingerprint density at radius 2 is 2.00 bits per heavy atom. The monoisotopic (exact) mass is 457 g/mol. The van der Waals surface area contributed by atoms with Crippen molar-refractivity contribution in [3.8, 4) is 11.3 Å². The van der Waals surface area contributed by atoms with Crippen molar-refractivity contribution >= 4 is 27.5 Å². The second kappa shape index (κ2) is 9.23. The molecule has 0 saturated carbocycles. The Balaban J connectivity index is 1.49. The molecule has 1 aliphatic heterocycles. The highest BCUT2D eigenvalue weighted by atomic mass is 32.2. The van der Waals surface area contributed by atoms with Crippen LogP contribution in [0.5, 0.6) is 0 Å². The average molecular weight is 458 g/mol. The number of carbonyl (C=O) groups is 1. The molecule has 3 heterocycles. The van der Waals surface area contributed by atoms with E-state index >= 15 is 0 Å². The van der Waals surface area contributed by atoms with Gasteiger partial charge in [-0.25, -0.2) is 18.4 Å². The van der Waals surface area contributed by atoms with Crippen molar-refractivity contribution in [2.24, 2.45) is 0 Å². The van der Waals surface area contributed by atoms with E-state index in [0.29, 0.717) is 17.3 Å². The summed E-state index contributed by atoms with van der Waals surface area (Å²) in [7, 11) is -3.12. The lowest BCUT2D eigenvalue weighted by molar-refractivity contribution is -0.131. The molecule has 7 nitrogen and oxygen atoms in total. The Hall–Kier alpha value is -2.65. The van der Waals surface area contributed by atoms with Crippen LogP contribution < -0.4 is 0 Å². The molecule has 1 atom stereocenters. The summed E-state index contributed by atoms with van der Waals surface area (Å²) in [5, 5.41) is 0.518. The number of hydrogen-bond donors (Lipinski definition) is 0. The third-order valence-corrected chi connectivity index (χ3v) is 7.69. The minimum absolute atomic E-state index is 0.0107. The fourth-order valence-corrected chi connectivity index (χ4v) is 6.10. The second-order valence-corrected chi connectivity index (χ2v) is 10.7.